The van der Waals surface area contributed by atoms with Crippen LogP contribution >= 0.6 is 0 Å². The molecule has 1 fully saturated rings. The summed E-state index contributed by atoms with van der Waals surface area (Å²) in [7, 11) is 0. The molecule has 1 aliphatic rings. The van der Waals surface area contributed by atoms with Crippen molar-refractivity contribution in [2.24, 2.45) is 0 Å². The van der Waals surface area contributed by atoms with Gasteiger partial charge in [0.05, 0.1) is 0 Å². The van der Waals surface area contributed by atoms with E-state index in [0.717, 1.165) is 17.2 Å². The summed E-state index contributed by atoms with van der Waals surface area (Å²) in [6, 6.07) is 16.1. The topological polar surface area (TPSA) is 35.2 Å². The summed E-state index contributed by atoms with van der Waals surface area (Å²) in [5.74, 6) is 2.46. The minimum absolute atomic E-state index is 0.707. The van der Waals surface area contributed by atoms with E-state index in [1.54, 1.807) is 0 Å². The van der Waals surface area contributed by atoms with E-state index in [2.05, 4.69) is 18.2 Å². The van der Waals surface area contributed by atoms with Crippen molar-refractivity contribution in [1.29, 1.82) is 0 Å². The summed E-state index contributed by atoms with van der Waals surface area (Å²) >= 11 is 0. The third kappa shape index (κ3) is 3.13. The number of nitrogen functional groups attached to an aromatic ring is 1. The lowest BCUT2D eigenvalue weighted by Crippen LogP contribution is -2.04. The van der Waals surface area contributed by atoms with Crippen LogP contribution in [-0.2, 0) is 0 Å². The number of hydrogen-bond donors (Lipinski definition) is 1. The van der Waals surface area contributed by atoms with Crippen molar-refractivity contribution < 1.29 is 4.74 Å². The molecule has 0 amide bonds. The van der Waals surface area contributed by atoms with E-state index in [9.17, 15) is 0 Å². The summed E-state index contributed by atoms with van der Waals surface area (Å²) in [4.78, 5) is 0. The largest absolute Gasteiger partial charge is 0.457 e. The van der Waals surface area contributed by atoms with Crippen LogP contribution in [0.4, 0.5) is 5.69 Å². The fourth-order valence-corrected chi connectivity index (χ4v) is 2.94. The van der Waals surface area contributed by atoms with Crippen molar-refractivity contribution >= 4 is 5.69 Å². The SMILES string of the molecule is Nc1ccc(Oc2cccc(C3CCCCC3)c2)cc1. The number of rotatable bonds is 3. The average Bonchev–Trinajstić information content (AvgIpc) is 2.51. The molecule has 0 spiro atoms. The van der Waals surface area contributed by atoms with Crippen LogP contribution < -0.4 is 10.5 Å². The highest BCUT2D eigenvalue weighted by Crippen LogP contribution is 2.34. The second-order valence-corrected chi connectivity index (χ2v) is 5.58. The summed E-state index contributed by atoms with van der Waals surface area (Å²) in [6.07, 6.45) is 6.72. The van der Waals surface area contributed by atoms with Gasteiger partial charge < -0.3 is 10.5 Å². The Kier molecular flexibility index (Phi) is 3.91. The molecule has 1 aliphatic carbocycles. The molecule has 2 aromatic rings. The Morgan fingerprint density at radius 2 is 1.60 bits per heavy atom. The first-order chi connectivity index (χ1) is 9.81. The smallest absolute Gasteiger partial charge is 0.127 e. The molecule has 0 atom stereocenters. The van der Waals surface area contributed by atoms with Gasteiger partial charge in [-0.2, -0.15) is 0 Å². The van der Waals surface area contributed by atoms with Crippen LogP contribution in [0.3, 0.4) is 0 Å². The molecule has 1 saturated carbocycles. The van der Waals surface area contributed by atoms with E-state index >= 15 is 0 Å². The van der Waals surface area contributed by atoms with Crippen molar-refractivity contribution in [3.63, 3.8) is 0 Å². The van der Waals surface area contributed by atoms with Crippen LogP contribution in [-0.4, -0.2) is 0 Å². The van der Waals surface area contributed by atoms with Gasteiger partial charge in [-0.1, -0.05) is 31.4 Å². The molecule has 0 aliphatic heterocycles. The van der Waals surface area contributed by atoms with Gasteiger partial charge in [0.25, 0.3) is 0 Å². The van der Waals surface area contributed by atoms with Crippen molar-refractivity contribution in [3.8, 4) is 11.5 Å². The summed E-state index contributed by atoms with van der Waals surface area (Å²) in [6.45, 7) is 0. The van der Waals surface area contributed by atoms with Gasteiger partial charge in [0.15, 0.2) is 0 Å². The number of hydrogen-bond acceptors (Lipinski definition) is 2. The maximum Gasteiger partial charge on any atom is 0.127 e. The number of nitrogens with two attached hydrogens (primary N) is 1. The Balaban J connectivity index is 1.75. The van der Waals surface area contributed by atoms with Crippen LogP contribution in [0, 0.1) is 0 Å². The molecule has 0 bridgehead atoms. The van der Waals surface area contributed by atoms with E-state index < -0.39 is 0 Å². The Morgan fingerprint density at radius 1 is 0.850 bits per heavy atom. The molecule has 0 heterocycles. The van der Waals surface area contributed by atoms with Gasteiger partial charge in [-0.15, -0.1) is 0 Å². The minimum Gasteiger partial charge on any atom is -0.457 e. The second-order valence-electron chi connectivity index (χ2n) is 5.58. The van der Waals surface area contributed by atoms with Gasteiger partial charge in [0, 0.05) is 5.69 Å². The zero-order valence-corrected chi connectivity index (χ0v) is 11.7. The third-order valence-corrected chi connectivity index (χ3v) is 4.05. The van der Waals surface area contributed by atoms with Crippen molar-refractivity contribution in [3.05, 3.63) is 54.1 Å². The molecule has 0 unspecified atom stereocenters. The maximum absolute atomic E-state index is 5.91. The normalized spacial score (nSPS) is 16.0. The highest BCUT2D eigenvalue weighted by molar-refractivity contribution is 5.43. The van der Waals surface area contributed by atoms with Crippen LogP contribution in [0.1, 0.15) is 43.6 Å². The zero-order chi connectivity index (χ0) is 13.8. The lowest BCUT2D eigenvalue weighted by Gasteiger charge is -2.22. The standard InChI is InChI=1S/C18H21NO/c19-16-9-11-17(12-10-16)20-18-8-4-7-15(13-18)14-5-2-1-3-6-14/h4,7-14H,1-3,5-6,19H2. The molecule has 20 heavy (non-hydrogen) atoms. The van der Waals surface area contributed by atoms with Crippen molar-refractivity contribution in [2.45, 2.75) is 38.0 Å². The van der Waals surface area contributed by atoms with Gasteiger partial charge in [-0.3, -0.25) is 0 Å². The van der Waals surface area contributed by atoms with Crippen LogP contribution in [0.2, 0.25) is 0 Å². The van der Waals surface area contributed by atoms with E-state index in [4.69, 9.17) is 10.5 Å². The van der Waals surface area contributed by atoms with E-state index in [-0.39, 0.29) is 0 Å². The van der Waals surface area contributed by atoms with E-state index in [1.165, 1.54) is 37.7 Å². The molecule has 2 heteroatoms. The van der Waals surface area contributed by atoms with E-state index in [0.29, 0.717) is 5.92 Å². The van der Waals surface area contributed by atoms with Gasteiger partial charge in [0.1, 0.15) is 11.5 Å². The summed E-state index contributed by atoms with van der Waals surface area (Å²) < 4.78 is 5.91. The average molecular weight is 267 g/mol. The van der Waals surface area contributed by atoms with Gasteiger partial charge in [-0.05, 0) is 60.7 Å². The third-order valence-electron chi connectivity index (χ3n) is 4.05. The molecule has 2 N–H and O–H groups in total. The Labute approximate surface area is 120 Å². The predicted octanol–water partition coefficient (Wildman–Crippen LogP) is 5.11. The fraction of sp³-hybridized carbons (Fsp3) is 0.333. The second kappa shape index (κ2) is 6.00. The molecule has 3 rings (SSSR count). The van der Waals surface area contributed by atoms with Gasteiger partial charge in [-0.25, -0.2) is 0 Å². The zero-order valence-electron chi connectivity index (χ0n) is 11.7. The van der Waals surface area contributed by atoms with Crippen LogP contribution in [0.25, 0.3) is 0 Å². The summed E-state index contributed by atoms with van der Waals surface area (Å²) in [5, 5.41) is 0. The Morgan fingerprint density at radius 3 is 2.35 bits per heavy atom. The van der Waals surface area contributed by atoms with Crippen LogP contribution in [0.5, 0.6) is 11.5 Å². The Hall–Kier alpha value is -1.96. The molecular weight excluding hydrogens is 246 g/mol. The lowest BCUT2D eigenvalue weighted by atomic mass is 9.84. The predicted molar refractivity (Wildman–Crippen MR) is 83.2 cm³/mol. The van der Waals surface area contributed by atoms with Crippen molar-refractivity contribution in [2.75, 3.05) is 5.73 Å². The first kappa shape index (κ1) is 13.0. The molecule has 0 aromatic heterocycles. The molecule has 0 saturated heterocycles. The van der Waals surface area contributed by atoms with Crippen molar-refractivity contribution in [1.82, 2.24) is 0 Å². The molecular formula is C18H21NO. The Bertz CT molecular complexity index is 556. The maximum atomic E-state index is 5.91. The molecule has 0 radical (unpaired) electrons. The van der Waals surface area contributed by atoms with Gasteiger partial charge >= 0.3 is 0 Å². The minimum atomic E-state index is 0.707. The first-order valence-electron chi connectivity index (χ1n) is 7.44. The van der Waals surface area contributed by atoms with E-state index in [1.807, 2.05) is 30.3 Å². The molecule has 104 valence electrons. The molecule has 2 nitrogen and oxygen atoms in total. The quantitative estimate of drug-likeness (QED) is 0.784. The lowest BCUT2D eigenvalue weighted by molar-refractivity contribution is 0.439. The molecule has 2 aromatic carbocycles. The van der Waals surface area contributed by atoms with Gasteiger partial charge in [0.2, 0.25) is 0 Å². The summed E-state index contributed by atoms with van der Waals surface area (Å²) in [5.41, 5.74) is 7.86. The van der Waals surface area contributed by atoms with Crippen LogP contribution in [0.15, 0.2) is 48.5 Å². The number of ether oxygens (including phenoxy) is 1. The highest BCUT2D eigenvalue weighted by atomic mass is 16.5. The monoisotopic (exact) mass is 267 g/mol. The highest BCUT2D eigenvalue weighted by Gasteiger charge is 2.15. The number of benzene rings is 2. The fourth-order valence-electron chi connectivity index (χ4n) is 2.94. The first-order valence-corrected chi connectivity index (χ1v) is 7.44. The number of anilines is 1.